The number of benzene rings is 2. The molecule has 0 bridgehead atoms. The van der Waals surface area contributed by atoms with E-state index in [-0.39, 0.29) is 12.3 Å². The molecule has 0 atom stereocenters. The molecule has 0 saturated heterocycles. The van der Waals surface area contributed by atoms with Crippen LogP contribution < -0.4 is 24.3 Å². The smallest absolute Gasteiger partial charge is 0.493 e. The van der Waals surface area contributed by atoms with Crippen molar-refractivity contribution in [2.24, 2.45) is 0 Å². The Labute approximate surface area is 149 Å². The van der Waals surface area contributed by atoms with E-state index >= 15 is 0 Å². The third-order valence-corrected chi connectivity index (χ3v) is 3.61. The summed E-state index contributed by atoms with van der Waals surface area (Å²) in [5.41, 5.74) is 1.17. The zero-order chi connectivity index (χ0) is 19.2. The number of hydrogen-bond donors (Lipinski definition) is 1. The van der Waals surface area contributed by atoms with Gasteiger partial charge in [0.2, 0.25) is 5.75 Å². The SMILES string of the molecule is COc1ccc(CNCc2ccccc2OC(F)(F)F)c(OC)c1OC. The minimum atomic E-state index is -4.73. The lowest BCUT2D eigenvalue weighted by Gasteiger charge is -2.17. The maximum absolute atomic E-state index is 12.5. The number of alkyl halides is 3. The summed E-state index contributed by atoms with van der Waals surface area (Å²) in [6.07, 6.45) is -4.73. The van der Waals surface area contributed by atoms with Gasteiger partial charge in [-0.05, 0) is 12.1 Å². The first-order chi connectivity index (χ1) is 12.4. The van der Waals surface area contributed by atoms with Gasteiger partial charge in [-0.2, -0.15) is 0 Å². The van der Waals surface area contributed by atoms with Gasteiger partial charge in [-0.15, -0.1) is 13.2 Å². The second-order valence-electron chi connectivity index (χ2n) is 5.25. The summed E-state index contributed by atoms with van der Waals surface area (Å²) in [4.78, 5) is 0. The van der Waals surface area contributed by atoms with Crippen LogP contribution >= 0.6 is 0 Å². The Hall–Kier alpha value is -2.61. The number of methoxy groups -OCH3 is 3. The van der Waals surface area contributed by atoms with Gasteiger partial charge in [-0.1, -0.05) is 24.3 Å². The Morgan fingerprint density at radius 3 is 2.04 bits per heavy atom. The summed E-state index contributed by atoms with van der Waals surface area (Å²) < 4.78 is 57.4. The van der Waals surface area contributed by atoms with Crippen molar-refractivity contribution in [3.05, 3.63) is 47.5 Å². The molecule has 0 radical (unpaired) electrons. The summed E-state index contributed by atoms with van der Waals surface area (Å²) in [6, 6.07) is 9.52. The monoisotopic (exact) mass is 371 g/mol. The molecule has 1 N–H and O–H groups in total. The van der Waals surface area contributed by atoms with Gasteiger partial charge in [-0.25, -0.2) is 0 Å². The van der Waals surface area contributed by atoms with Crippen molar-refractivity contribution in [3.8, 4) is 23.0 Å². The Kier molecular flexibility index (Phi) is 6.57. The lowest BCUT2D eigenvalue weighted by molar-refractivity contribution is -0.274. The average molecular weight is 371 g/mol. The maximum atomic E-state index is 12.5. The summed E-state index contributed by atoms with van der Waals surface area (Å²) in [6.45, 7) is 0.535. The Bertz CT molecular complexity index is 735. The van der Waals surface area contributed by atoms with Crippen LogP contribution in [0.25, 0.3) is 0 Å². The first-order valence-corrected chi connectivity index (χ1v) is 7.71. The molecule has 0 unspecified atom stereocenters. The number of para-hydroxylation sites is 1. The summed E-state index contributed by atoms with van der Waals surface area (Å²) in [7, 11) is 4.53. The van der Waals surface area contributed by atoms with Gasteiger partial charge in [0.25, 0.3) is 0 Å². The van der Waals surface area contributed by atoms with Crippen LogP contribution in [0, 0.1) is 0 Å². The topological polar surface area (TPSA) is 49.0 Å². The van der Waals surface area contributed by atoms with Crippen molar-refractivity contribution in [2.45, 2.75) is 19.5 Å². The molecule has 0 heterocycles. The standard InChI is InChI=1S/C18H20F3NO4/c1-23-15-9-8-13(16(24-2)17(15)25-3)11-22-10-12-6-4-5-7-14(12)26-18(19,20)21/h4-9,22H,10-11H2,1-3H3. The van der Waals surface area contributed by atoms with E-state index in [1.54, 1.807) is 24.3 Å². The van der Waals surface area contributed by atoms with E-state index in [1.807, 2.05) is 0 Å². The van der Waals surface area contributed by atoms with Crippen LogP contribution in [0.15, 0.2) is 36.4 Å². The third kappa shape index (κ3) is 4.95. The van der Waals surface area contributed by atoms with Crippen molar-refractivity contribution in [1.29, 1.82) is 0 Å². The highest BCUT2D eigenvalue weighted by Crippen LogP contribution is 2.39. The van der Waals surface area contributed by atoms with Crippen molar-refractivity contribution >= 4 is 0 Å². The zero-order valence-corrected chi connectivity index (χ0v) is 14.6. The second kappa shape index (κ2) is 8.66. The van der Waals surface area contributed by atoms with Crippen LogP contribution in [0.4, 0.5) is 13.2 Å². The molecule has 5 nitrogen and oxygen atoms in total. The van der Waals surface area contributed by atoms with Crippen molar-refractivity contribution in [1.82, 2.24) is 5.32 Å². The number of ether oxygens (including phenoxy) is 4. The maximum Gasteiger partial charge on any atom is 0.573 e. The third-order valence-electron chi connectivity index (χ3n) is 3.61. The van der Waals surface area contributed by atoms with Crippen LogP contribution in [-0.4, -0.2) is 27.7 Å². The van der Waals surface area contributed by atoms with E-state index in [0.717, 1.165) is 5.56 Å². The van der Waals surface area contributed by atoms with Gasteiger partial charge in [0.1, 0.15) is 5.75 Å². The van der Waals surface area contributed by atoms with Crippen molar-refractivity contribution in [3.63, 3.8) is 0 Å². The fourth-order valence-corrected chi connectivity index (χ4v) is 2.51. The first-order valence-electron chi connectivity index (χ1n) is 7.71. The van der Waals surface area contributed by atoms with Gasteiger partial charge in [0, 0.05) is 24.2 Å². The molecule has 2 rings (SSSR count). The molecule has 0 aliphatic heterocycles. The molecule has 2 aromatic rings. The highest BCUT2D eigenvalue weighted by Gasteiger charge is 2.31. The van der Waals surface area contributed by atoms with Gasteiger partial charge in [0.05, 0.1) is 21.3 Å². The highest BCUT2D eigenvalue weighted by atomic mass is 19.4. The van der Waals surface area contributed by atoms with Crippen LogP contribution in [0.3, 0.4) is 0 Å². The van der Waals surface area contributed by atoms with Gasteiger partial charge >= 0.3 is 6.36 Å². The quantitative estimate of drug-likeness (QED) is 0.763. The zero-order valence-electron chi connectivity index (χ0n) is 14.6. The minimum Gasteiger partial charge on any atom is -0.493 e. The largest absolute Gasteiger partial charge is 0.573 e. The molecule has 0 spiro atoms. The molecule has 142 valence electrons. The average Bonchev–Trinajstić information content (AvgIpc) is 2.61. The number of rotatable bonds is 8. The van der Waals surface area contributed by atoms with E-state index in [1.165, 1.54) is 33.5 Å². The molecule has 8 heteroatoms. The summed E-state index contributed by atoms with van der Waals surface area (Å²) >= 11 is 0. The van der Waals surface area contributed by atoms with Crippen molar-refractivity contribution in [2.75, 3.05) is 21.3 Å². The molecule has 0 saturated carbocycles. The van der Waals surface area contributed by atoms with E-state index in [0.29, 0.717) is 29.4 Å². The summed E-state index contributed by atoms with van der Waals surface area (Å²) in [5, 5.41) is 3.08. The number of nitrogens with one attached hydrogen (secondary N) is 1. The Morgan fingerprint density at radius 1 is 0.769 bits per heavy atom. The Morgan fingerprint density at radius 2 is 1.42 bits per heavy atom. The fraction of sp³-hybridized carbons (Fsp3) is 0.333. The van der Waals surface area contributed by atoms with Gasteiger partial charge < -0.3 is 24.3 Å². The molecule has 2 aromatic carbocycles. The first kappa shape index (κ1) is 19.7. The molecule has 0 amide bonds. The molecular formula is C18H20F3NO4. The van der Waals surface area contributed by atoms with Crippen LogP contribution in [0.5, 0.6) is 23.0 Å². The normalized spacial score (nSPS) is 11.2. The molecular weight excluding hydrogens is 351 g/mol. The lowest BCUT2D eigenvalue weighted by Crippen LogP contribution is -2.20. The van der Waals surface area contributed by atoms with Gasteiger partial charge in [-0.3, -0.25) is 0 Å². The van der Waals surface area contributed by atoms with Crippen LogP contribution in [0.1, 0.15) is 11.1 Å². The van der Waals surface area contributed by atoms with Crippen LogP contribution in [-0.2, 0) is 13.1 Å². The molecule has 0 aliphatic carbocycles. The highest BCUT2D eigenvalue weighted by molar-refractivity contribution is 5.55. The van der Waals surface area contributed by atoms with Crippen LogP contribution in [0.2, 0.25) is 0 Å². The minimum absolute atomic E-state index is 0.184. The van der Waals surface area contributed by atoms with E-state index in [2.05, 4.69) is 10.1 Å². The van der Waals surface area contributed by atoms with E-state index in [9.17, 15) is 13.2 Å². The molecule has 0 aromatic heterocycles. The lowest BCUT2D eigenvalue weighted by atomic mass is 10.1. The number of hydrogen-bond acceptors (Lipinski definition) is 5. The Balaban J connectivity index is 2.11. The van der Waals surface area contributed by atoms with Gasteiger partial charge in [0.15, 0.2) is 11.5 Å². The van der Waals surface area contributed by atoms with E-state index in [4.69, 9.17) is 14.2 Å². The predicted molar refractivity (Wildman–Crippen MR) is 89.8 cm³/mol. The molecule has 26 heavy (non-hydrogen) atoms. The predicted octanol–water partition coefficient (Wildman–Crippen LogP) is 3.90. The van der Waals surface area contributed by atoms with Crippen molar-refractivity contribution < 1.29 is 32.1 Å². The number of halogens is 3. The summed E-state index contributed by atoms with van der Waals surface area (Å²) in [5.74, 6) is 1.25. The second-order valence-corrected chi connectivity index (χ2v) is 5.25. The fourth-order valence-electron chi connectivity index (χ4n) is 2.51. The molecule has 0 aliphatic rings. The van der Waals surface area contributed by atoms with E-state index < -0.39 is 6.36 Å². The molecule has 0 fully saturated rings.